The van der Waals surface area contributed by atoms with Crippen molar-refractivity contribution in [3.8, 4) is 5.75 Å². The van der Waals surface area contributed by atoms with E-state index in [1.165, 1.54) is 7.11 Å². The van der Waals surface area contributed by atoms with Gasteiger partial charge in [0, 0.05) is 17.8 Å². The van der Waals surface area contributed by atoms with E-state index in [4.69, 9.17) is 26.2 Å². The van der Waals surface area contributed by atoms with Gasteiger partial charge in [-0.15, -0.1) is 0 Å². The maximum absolute atomic E-state index is 12.6. The summed E-state index contributed by atoms with van der Waals surface area (Å²) >= 11 is 5.95. The molecule has 0 aliphatic rings. The lowest BCUT2D eigenvalue weighted by molar-refractivity contribution is -0.139. The predicted octanol–water partition coefficient (Wildman–Crippen LogP) is 4.61. The van der Waals surface area contributed by atoms with Crippen molar-refractivity contribution in [1.29, 1.82) is 0 Å². The highest BCUT2D eigenvalue weighted by Gasteiger charge is 2.20. The van der Waals surface area contributed by atoms with Crippen molar-refractivity contribution in [1.82, 2.24) is 0 Å². The fourth-order valence-electron chi connectivity index (χ4n) is 2.72. The number of aliphatic carboxylic acids is 1. The molecule has 2 unspecified atom stereocenters. The number of benzene rings is 2. The van der Waals surface area contributed by atoms with Crippen molar-refractivity contribution in [3.05, 3.63) is 58.6 Å². The van der Waals surface area contributed by atoms with Gasteiger partial charge in [0.2, 0.25) is 0 Å². The minimum atomic E-state index is -0.940. The molecule has 0 radical (unpaired) electrons. The highest BCUT2D eigenvalue weighted by molar-refractivity contribution is 6.30. The number of carboxylic acid groups (broad SMARTS) is 1. The smallest absolute Gasteiger partial charge is 0.306 e. The third-order valence-electron chi connectivity index (χ3n) is 4.26. The molecule has 0 heterocycles. The molecule has 0 aliphatic carbocycles. The Morgan fingerprint density at radius 1 is 1.18 bits per heavy atom. The Labute approximate surface area is 169 Å². The number of hydrogen-bond acceptors (Lipinski definition) is 4. The van der Waals surface area contributed by atoms with Gasteiger partial charge < -0.3 is 19.9 Å². The summed E-state index contributed by atoms with van der Waals surface area (Å²) in [6.45, 7) is 3.74. The number of aryl methyl sites for hydroxylation is 1. The Morgan fingerprint density at radius 3 is 2.39 bits per heavy atom. The zero-order chi connectivity index (χ0) is 20.7. The molecule has 0 aromatic heterocycles. The molecule has 2 rings (SSSR count). The molecule has 0 saturated heterocycles. The number of halogens is 1. The fraction of sp³-hybridized carbons (Fsp3) is 0.333. The Kier molecular flexibility index (Phi) is 7.84. The zero-order valence-corrected chi connectivity index (χ0v) is 16.8. The molecule has 28 heavy (non-hydrogen) atoms. The lowest BCUT2D eigenvalue weighted by Crippen LogP contribution is -2.32. The van der Waals surface area contributed by atoms with Crippen LogP contribution in [0.1, 0.15) is 37.0 Å². The second-order valence-electron chi connectivity index (χ2n) is 6.36. The number of anilines is 1. The van der Waals surface area contributed by atoms with Crippen LogP contribution in [0, 0.1) is 6.92 Å². The second-order valence-corrected chi connectivity index (χ2v) is 6.79. The van der Waals surface area contributed by atoms with Crippen molar-refractivity contribution < 1.29 is 24.2 Å². The molecule has 0 aliphatic heterocycles. The SMILES string of the molecule is CCC(Oc1ccc(Cl)cc1C)C(=O)Nc1ccc(C(CC(=O)O)OC)cc1. The average Bonchev–Trinajstić information content (AvgIpc) is 2.66. The summed E-state index contributed by atoms with van der Waals surface area (Å²) in [7, 11) is 1.46. The van der Waals surface area contributed by atoms with Crippen LogP contribution in [0.2, 0.25) is 5.02 Å². The minimum Gasteiger partial charge on any atom is -0.481 e. The van der Waals surface area contributed by atoms with E-state index in [2.05, 4.69) is 5.32 Å². The summed E-state index contributed by atoms with van der Waals surface area (Å²) in [5.41, 5.74) is 2.17. The van der Waals surface area contributed by atoms with Crippen molar-refractivity contribution in [3.63, 3.8) is 0 Å². The third-order valence-corrected chi connectivity index (χ3v) is 4.50. The fourth-order valence-corrected chi connectivity index (χ4v) is 2.95. The van der Waals surface area contributed by atoms with Gasteiger partial charge >= 0.3 is 5.97 Å². The number of carbonyl (C=O) groups is 2. The van der Waals surface area contributed by atoms with Crippen LogP contribution in [0.25, 0.3) is 0 Å². The Balaban J connectivity index is 2.04. The van der Waals surface area contributed by atoms with Gasteiger partial charge in [-0.05, 0) is 54.8 Å². The van der Waals surface area contributed by atoms with Crippen molar-refractivity contribution in [2.45, 2.75) is 38.9 Å². The van der Waals surface area contributed by atoms with E-state index in [0.717, 1.165) is 11.1 Å². The van der Waals surface area contributed by atoms with Gasteiger partial charge in [0.1, 0.15) is 5.75 Å². The molecule has 2 aromatic carbocycles. The van der Waals surface area contributed by atoms with E-state index in [1.54, 1.807) is 42.5 Å². The molecular formula is C21H24ClNO5. The highest BCUT2D eigenvalue weighted by Crippen LogP contribution is 2.25. The normalized spacial score (nSPS) is 12.9. The Hall–Kier alpha value is -2.57. The van der Waals surface area contributed by atoms with E-state index < -0.39 is 18.2 Å². The summed E-state index contributed by atoms with van der Waals surface area (Å²) in [6.07, 6.45) is -0.828. The first kappa shape index (κ1) is 21.7. The molecule has 6 nitrogen and oxygen atoms in total. The first-order valence-corrected chi connectivity index (χ1v) is 9.30. The number of hydrogen-bond donors (Lipinski definition) is 2. The van der Waals surface area contributed by atoms with E-state index >= 15 is 0 Å². The van der Waals surface area contributed by atoms with Gasteiger partial charge in [-0.25, -0.2) is 0 Å². The Bertz CT molecular complexity index is 822. The zero-order valence-electron chi connectivity index (χ0n) is 16.1. The molecule has 150 valence electrons. The van der Waals surface area contributed by atoms with Crippen LogP contribution >= 0.6 is 11.6 Å². The third kappa shape index (κ3) is 5.97. The maximum Gasteiger partial charge on any atom is 0.306 e. The number of rotatable bonds is 9. The summed E-state index contributed by atoms with van der Waals surface area (Å²) in [5.74, 6) is -0.596. The molecule has 7 heteroatoms. The van der Waals surface area contributed by atoms with Crippen LogP contribution in [0.5, 0.6) is 5.75 Å². The predicted molar refractivity (Wildman–Crippen MR) is 108 cm³/mol. The quantitative estimate of drug-likeness (QED) is 0.636. The molecule has 2 atom stereocenters. The summed E-state index contributed by atoms with van der Waals surface area (Å²) in [4.78, 5) is 23.5. The van der Waals surface area contributed by atoms with Gasteiger partial charge in [0.25, 0.3) is 5.91 Å². The minimum absolute atomic E-state index is 0.131. The number of amides is 1. The molecule has 0 spiro atoms. The van der Waals surface area contributed by atoms with Crippen LogP contribution in [0.15, 0.2) is 42.5 Å². The Morgan fingerprint density at radius 2 is 1.86 bits per heavy atom. The molecule has 2 aromatic rings. The topological polar surface area (TPSA) is 84.9 Å². The van der Waals surface area contributed by atoms with E-state index in [0.29, 0.717) is 22.9 Å². The monoisotopic (exact) mass is 405 g/mol. The van der Waals surface area contributed by atoms with Gasteiger partial charge in [-0.2, -0.15) is 0 Å². The molecule has 0 saturated carbocycles. The van der Waals surface area contributed by atoms with Crippen LogP contribution in [-0.2, 0) is 14.3 Å². The first-order chi connectivity index (χ1) is 13.3. The first-order valence-electron chi connectivity index (χ1n) is 8.92. The highest BCUT2D eigenvalue weighted by atomic mass is 35.5. The summed E-state index contributed by atoms with van der Waals surface area (Å²) in [6, 6.07) is 12.1. The van der Waals surface area contributed by atoms with E-state index in [9.17, 15) is 9.59 Å². The van der Waals surface area contributed by atoms with Crippen molar-refractivity contribution in [2.24, 2.45) is 0 Å². The average molecular weight is 406 g/mol. The number of methoxy groups -OCH3 is 1. The molecular weight excluding hydrogens is 382 g/mol. The number of ether oxygens (including phenoxy) is 2. The van der Waals surface area contributed by atoms with Crippen LogP contribution in [0.4, 0.5) is 5.69 Å². The van der Waals surface area contributed by atoms with Gasteiger partial charge in [0.05, 0.1) is 12.5 Å². The molecule has 2 N–H and O–H groups in total. The number of carbonyl (C=O) groups excluding carboxylic acids is 1. The molecule has 1 amide bonds. The van der Waals surface area contributed by atoms with Crippen LogP contribution in [-0.4, -0.2) is 30.2 Å². The summed E-state index contributed by atoms with van der Waals surface area (Å²) < 4.78 is 11.1. The van der Waals surface area contributed by atoms with Gasteiger partial charge in [-0.3, -0.25) is 9.59 Å². The van der Waals surface area contributed by atoms with Crippen LogP contribution < -0.4 is 10.1 Å². The van der Waals surface area contributed by atoms with Crippen LogP contribution in [0.3, 0.4) is 0 Å². The van der Waals surface area contributed by atoms with Gasteiger partial charge in [0.15, 0.2) is 6.10 Å². The van der Waals surface area contributed by atoms with Crippen molar-refractivity contribution in [2.75, 3.05) is 12.4 Å². The number of carboxylic acids is 1. The van der Waals surface area contributed by atoms with E-state index in [-0.39, 0.29) is 12.3 Å². The molecule has 0 fully saturated rings. The second kappa shape index (κ2) is 10.1. The molecule has 0 bridgehead atoms. The largest absolute Gasteiger partial charge is 0.481 e. The maximum atomic E-state index is 12.6. The number of nitrogens with one attached hydrogen (secondary N) is 1. The lowest BCUT2D eigenvalue weighted by atomic mass is 10.1. The summed E-state index contributed by atoms with van der Waals surface area (Å²) in [5, 5.41) is 12.4. The van der Waals surface area contributed by atoms with E-state index in [1.807, 2.05) is 13.8 Å². The van der Waals surface area contributed by atoms with Gasteiger partial charge in [-0.1, -0.05) is 30.7 Å². The van der Waals surface area contributed by atoms with Crippen molar-refractivity contribution >= 4 is 29.2 Å². The lowest BCUT2D eigenvalue weighted by Gasteiger charge is -2.19. The standard InChI is InChI=1S/C21H24ClNO5/c1-4-17(28-18-10-7-15(22)11-13(18)2)21(26)23-16-8-5-14(6-9-16)19(27-3)12-20(24)25/h5-11,17,19H,4,12H2,1-3H3,(H,23,26)(H,24,25).